The zero-order valence-corrected chi connectivity index (χ0v) is 10.4. The van der Waals surface area contributed by atoms with Crippen LogP contribution in [0.4, 0.5) is 5.82 Å². The van der Waals surface area contributed by atoms with Crippen LogP contribution in [0.1, 0.15) is 36.5 Å². The summed E-state index contributed by atoms with van der Waals surface area (Å²) in [7, 11) is 0. The lowest BCUT2D eigenvalue weighted by Crippen LogP contribution is -2.31. The Labute approximate surface area is 105 Å². The lowest BCUT2D eigenvalue weighted by atomic mass is 9.80. The van der Waals surface area contributed by atoms with Crippen LogP contribution in [0.3, 0.4) is 0 Å². The SMILES string of the molecule is CC(Nc1ncc(C(=O)O)cc1Cl)C1CCC1. The van der Waals surface area contributed by atoms with Crippen LogP contribution in [0, 0.1) is 5.92 Å². The number of aromatic nitrogens is 1. The van der Waals surface area contributed by atoms with Crippen LogP contribution in [-0.2, 0) is 0 Å². The number of carboxylic acid groups (broad SMARTS) is 1. The summed E-state index contributed by atoms with van der Waals surface area (Å²) < 4.78 is 0. The fourth-order valence-electron chi connectivity index (χ4n) is 1.93. The number of nitrogens with zero attached hydrogens (tertiary/aromatic N) is 1. The summed E-state index contributed by atoms with van der Waals surface area (Å²) in [5.74, 6) is 0.223. The lowest BCUT2D eigenvalue weighted by molar-refractivity contribution is 0.0696. The summed E-state index contributed by atoms with van der Waals surface area (Å²) in [6.45, 7) is 2.10. The molecule has 1 fully saturated rings. The van der Waals surface area contributed by atoms with Gasteiger partial charge in [0.1, 0.15) is 5.82 Å². The van der Waals surface area contributed by atoms with Crippen molar-refractivity contribution < 1.29 is 9.90 Å². The highest BCUT2D eigenvalue weighted by molar-refractivity contribution is 6.33. The van der Waals surface area contributed by atoms with Gasteiger partial charge in [-0.2, -0.15) is 0 Å². The van der Waals surface area contributed by atoms with Gasteiger partial charge < -0.3 is 10.4 Å². The van der Waals surface area contributed by atoms with E-state index < -0.39 is 5.97 Å². The van der Waals surface area contributed by atoms with Crippen LogP contribution < -0.4 is 5.32 Å². The van der Waals surface area contributed by atoms with Crippen molar-refractivity contribution in [1.29, 1.82) is 0 Å². The second-order valence-electron chi connectivity index (χ2n) is 4.48. The Bertz CT molecular complexity index is 433. The zero-order valence-electron chi connectivity index (χ0n) is 9.61. The normalized spacial score (nSPS) is 17.3. The Morgan fingerprint density at radius 3 is 2.82 bits per heavy atom. The first kappa shape index (κ1) is 12.2. The van der Waals surface area contributed by atoms with E-state index in [1.807, 2.05) is 0 Å². The van der Waals surface area contributed by atoms with Gasteiger partial charge in [0, 0.05) is 12.2 Å². The molecule has 92 valence electrons. The van der Waals surface area contributed by atoms with Crippen molar-refractivity contribution in [1.82, 2.24) is 4.98 Å². The number of anilines is 1. The highest BCUT2D eigenvalue weighted by atomic mass is 35.5. The number of carbonyl (C=O) groups is 1. The average molecular weight is 255 g/mol. The van der Waals surface area contributed by atoms with Gasteiger partial charge in [-0.1, -0.05) is 18.0 Å². The number of hydrogen-bond donors (Lipinski definition) is 2. The predicted molar refractivity (Wildman–Crippen MR) is 66.6 cm³/mol. The maximum Gasteiger partial charge on any atom is 0.337 e. The second-order valence-corrected chi connectivity index (χ2v) is 4.89. The Morgan fingerprint density at radius 1 is 1.65 bits per heavy atom. The first-order valence-corrected chi connectivity index (χ1v) is 6.11. The summed E-state index contributed by atoms with van der Waals surface area (Å²) in [5.41, 5.74) is 0.108. The molecule has 2 rings (SSSR count). The van der Waals surface area contributed by atoms with E-state index in [0.717, 1.165) is 0 Å². The second kappa shape index (κ2) is 4.92. The number of carboxylic acids is 1. The smallest absolute Gasteiger partial charge is 0.337 e. The van der Waals surface area contributed by atoms with Crippen LogP contribution in [0.2, 0.25) is 5.02 Å². The maximum atomic E-state index is 10.7. The monoisotopic (exact) mass is 254 g/mol. The van der Waals surface area contributed by atoms with Gasteiger partial charge in [-0.05, 0) is 31.7 Å². The lowest BCUT2D eigenvalue weighted by Gasteiger charge is -2.32. The summed E-state index contributed by atoms with van der Waals surface area (Å²) >= 11 is 6.00. The molecule has 0 spiro atoms. The van der Waals surface area contributed by atoms with Crippen molar-refractivity contribution in [2.24, 2.45) is 5.92 Å². The van der Waals surface area contributed by atoms with Crippen LogP contribution in [0.5, 0.6) is 0 Å². The Morgan fingerprint density at radius 2 is 2.35 bits per heavy atom. The minimum absolute atomic E-state index is 0.108. The Balaban J connectivity index is 2.07. The van der Waals surface area contributed by atoms with Gasteiger partial charge in [-0.25, -0.2) is 9.78 Å². The third-order valence-electron chi connectivity index (χ3n) is 3.31. The van der Waals surface area contributed by atoms with E-state index in [1.54, 1.807) is 0 Å². The van der Waals surface area contributed by atoms with Crippen molar-refractivity contribution in [3.8, 4) is 0 Å². The standard InChI is InChI=1S/C12H15ClN2O2/c1-7(8-3-2-4-8)15-11-10(13)5-9(6-14-11)12(16)17/h5-8H,2-4H2,1H3,(H,14,15)(H,16,17). The molecule has 1 aromatic heterocycles. The third-order valence-corrected chi connectivity index (χ3v) is 3.60. The van der Waals surface area contributed by atoms with E-state index >= 15 is 0 Å². The third kappa shape index (κ3) is 2.69. The molecule has 4 nitrogen and oxygen atoms in total. The number of hydrogen-bond acceptors (Lipinski definition) is 3. The summed E-state index contributed by atoms with van der Waals surface area (Å²) in [5, 5.41) is 12.4. The van der Waals surface area contributed by atoms with E-state index in [-0.39, 0.29) is 5.56 Å². The van der Waals surface area contributed by atoms with Gasteiger partial charge in [-0.3, -0.25) is 0 Å². The van der Waals surface area contributed by atoms with E-state index in [9.17, 15) is 4.79 Å². The molecule has 1 aromatic rings. The van der Waals surface area contributed by atoms with Crippen LogP contribution >= 0.6 is 11.6 Å². The van der Waals surface area contributed by atoms with Crippen molar-refractivity contribution >= 4 is 23.4 Å². The predicted octanol–water partition coefficient (Wildman–Crippen LogP) is 3.03. The van der Waals surface area contributed by atoms with E-state index in [1.165, 1.54) is 31.5 Å². The van der Waals surface area contributed by atoms with Crippen molar-refractivity contribution in [3.63, 3.8) is 0 Å². The summed E-state index contributed by atoms with van der Waals surface area (Å²) in [6, 6.07) is 1.75. The molecule has 1 unspecified atom stereocenters. The largest absolute Gasteiger partial charge is 0.478 e. The van der Waals surface area contributed by atoms with Crippen molar-refractivity contribution in [2.75, 3.05) is 5.32 Å². The topological polar surface area (TPSA) is 62.2 Å². The highest BCUT2D eigenvalue weighted by Gasteiger charge is 2.24. The Hall–Kier alpha value is -1.29. The quantitative estimate of drug-likeness (QED) is 0.867. The number of halogens is 1. The fraction of sp³-hybridized carbons (Fsp3) is 0.500. The molecule has 0 bridgehead atoms. The van der Waals surface area contributed by atoms with Crippen molar-refractivity contribution in [3.05, 3.63) is 22.8 Å². The van der Waals surface area contributed by atoms with Crippen LogP contribution in [0.15, 0.2) is 12.3 Å². The zero-order chi connectivity index (χ0) is 12.4. The van der Waals surface area contributed by atoms with Crippen molar-refractivity contribution in [2.45, 2.75) is 32.2 Å². The molecule has 0 aromatic carbocycles. The molecule has 1 aliphatic carbocycles. The molecule has 0 amide bonds. The molecule has 0 aliphatic heterocycles. The number of aromatic carboxylic acids is 1. The number of pyridine rings is 1. The summed E-state index contributed by atoms with van der Waals surface area (Å²) in [4.78, 5) is 14.8. The molecular formula is C12H15ClN2O2. The molecule has 0 radical (unpaired) electrons. The van der Waals surface area contributed by atoms with E-state index in [2.05, 4.69) is 17.2 Å². The fourth-order valence-corrected chi connectivity index (χ4v) is 2.16. The molecule has 1 atom stereocenters. The average Bonchev–Trinajstić information content (AvgIpc) is 2.18. The minimum Gasteiger partial charge on any atom is -0.478 e. The van der Waals surface area contributed by atoms with Gasteiger partial charge in [-0.15, -0.1) is 0 Å². The minimum atomic E-state index is -1.02. The number of rotatable bonds is 4. The Kier molecular flexibility index (Phi) is 3.52. The molecule has 1 saturated carbocycles. The molecule has 1 aliphatic rings. The highest BCUT2D eigenvalue weighted by Crippen LogP contribution is 2.32. The van der Waals surface area contributed by atoms with Gasteiger partial charge >= 0.3 is 5.97 Å². The first-order chi connectivity index (χ1) is 8.08. The van der Waals surface area contributed by atoms with Gasteiger partial charge in [0.2, 0.25) is 0 Å². The molecule has 5 heteroatoms. The van der Waals surface area contributed by atoms with Crippen LogP contribution in [-0.4, -0.2) is 22.1 Å². The first-order valence-electron chi connectivity index (χ1n) is 5.73. The van der Waals surface area contributed by atoms with Gasteiger partial charge in [0.05, 0.1) is 10.6 Å². The molecule has 17 heavy (non-hydrogen) atoms. The molecular weight excluding hydrogens is 240 g/mol. The van der Waals surface area contributed by atoms with E-state index in [0.29, 0.717) is 22.8 Å². The number of nitrogens with one attached hydrogen (secondary N) is 1. The molecule has 0 saturated heterocycles. The molecule has 2 N–H and O–H groups in total. The van der Waals surface area contributed by atoms with Gasteiger partial charge in [0.15, 0.2) is 0 Å². The van der Waals surface area contributed by atoms with E-state index in [4.69, 9.17) is 16.7 Å². The van der Waals surface area contributed by atoms with Crippen LogP contribution in [0.25, 0.3) is 0 Å². The van der Waals surface area contributed by atoms with Gasteiger partial charge in [0.25, 0.3) is 0 Å². The summed E-state index contributed by atoms with van der Waals surface area (Å²) in [6.07, 6.45) is 5.08. The molecule has 1 heterocycles. The maximum absolute atomic E-state index is 10.7.